The second kappa shape index (κ2) is 4.64. The third-order valence-electron chi connectivity index (χ3n) is 3.95. The predicted octanol–water partition coefficient (Wildman–Crippen LogP) is 0.122. The van der Waals surface area contributed by atoms with Gasteiger partial charge in [0.25, 0.3) is 5.82 Å². The van der Waals surface area contributed by atoms with E-state index < -0.39 is 11.6 Å². The molecule has 0 saturated carbocycles. The Morgan fingerprint density at radius 2 is 1.78 bits per heavy atom. The van der Waals surface area contributed by atoms with Gasteiger partial charge in [-0.05, 0) is 16.4 Å². The van der Waals surface area contributed by atoms with E-state index in [9.17, 15) is 9.90 Å². The zero-order valence-electron chi connectivity index (χ0n) is 12.6. The van der Waals surface area contributed by atoms with Crippen molar-refractivity contribution in [1.29, 1.82) is 0 Å². The summed E-state index contributed by atoms with van der Waals surface area (Å²) in [6.45, 7) is 0. The number of nitrogens with zero attached hydrogens (tertiary/aromatic N) is 5. The fourth-order valence-electron chi connectivity index (χ4n) is 2.63. The van der Waals surface area contributed by atoms with E-state index in [0.717, 1.165) is 15.3 Å². The van der Waals surface area contributed by atoms with E-state index >= 15 is 0 Å². The van der Waals surface area contributed by atoms with Crippen molar-refractivity contribution in [2.45, 2.75) is 0 Å². The third-order valence-corrected chi connectivity index (χ3v) is 3.95. The Hall–Kier alpha value is -3.22. The summed E-state index contributed by atoms with van der Waals surface area (Å²) in [7, 11) is 3.01. The summed E-state index contributed by atoms with van der Waals surface area (Å²) in [5, 5.41) is 14.3. The quantitative estimate of drug-likeness (QED) is 0.468. The van der Waals surface area contributed by atoms with Crippen LogP contribution in [0.15, 0.2) is 47.5 Å². The van der Waals surface area contributed by atoms with Crippen LogP contribution in [0.3, 0.4) is 0 Å². The summed E-state index contributed by atoms with van der Waals surface area (Å²) < 4.78 is 4.10. The zero-order valence-corrected chi connectivity index (χ0v) is 12.6. The summed E-state index contributed by atoms with van der Waals surface area (Å²) >= 11 is 0. The van der Waals surface area contributed by atoms with Gasteiger partial charge in [-0.1, -0.05) is 29.2 Å². The second-order valence-electron chi connectivity index (χ2n) is 5.38. The number of aromatic nitrogens is 5. The highest BCUT2D eigenvalue weighted by Gasteiger charge is 2.27. The Morgan fingerprint density at radius 1 is 1.04 bits per heavy atom. The van der Waals surface area contributed by atoms with E-state index in [4.69, 9.17) is 0 Å². The zero-order chi connectivity index (χ0) is 16.1. The number of hydrogen-bond acceptors (Lipinski definition) is 4. The first-order valence-corrected chi connectivity index (χ1v) is 7.07. The molecule has 3 heterocycles. The van der Waals surface area contributed by atoms with Crippen molar-refractivity contribution in [1.82, 2.24) is 19.1 Å². The molecule has 0 N–H and O–H groups in total. The summed E-state index contributed by atoms with van der Waals surface area (Å²) in [4.78, 5) is 20.6. The molecule has 1 aromatic carbocycles. The SMILES string of the molecule is Cn1c2nc(-[n+]3ccc4ccccc4c3)nc-2c([O-])n(C)c1=O. The molecule has 0 amide bonds. The summed E-state index contributed by atoms with van der Waals surface area (Å²) in [5.74, 6) is 0.209. The van der Waals surface area contributed by atoms with Crippen LogP contribution in [0.25, 0.3) is 28.2 Å². The number of pyridine rings is 1. The molecule has 0 fully saturated rings. The molecule has 23 heavy (non-hydrogen) atoms. The third kappa shape index (κ3) is 1.90. The molecule has 0 atom stereocenters. The van der Waals surface area contributed by atoms with Crippen molar-refractivity contribution >= 4 is 10.8 Å². The van der Waals surface area contributed by atoms with Crippen molar-refractivity contribution in [3.63, 3.8) is 0 Å². The Balaban J connectivity index is 1.98. The molecule has 7 nitrogen and oxygen atoms in total. The van der Waals surface area contributed by atoms with E-state index in [1.807, 2.05) is 42.7 Å². The standard InChI is InChI=1S/C16H13N5O2/c1-19-13-12(14(22)20(2)16(19)23)17-15(18-13)21-8-7-10-5-3-4-6-11(10)9-21/h3-9H,1-2H3. The van der Waals surface area contributed by atoms with Gasteiger partial charge in [0, 0.05) is 25.4 Å². The molecule has 7 heteroatoms. The van der Waals surface area contributed by atoms with Crippen LogP contribution in [0.5, 0.6) is 5.88 Å². The molecular formula is C16H13N5O2. The molecular weight excluding hydrogens is 294 g/mol. The highest BCUT2D eigenvalue weighted by molar-refractivity contribution is 5.80. The minimum atomic E-state index is -0.441. The van der Waals surface area contributed by atoms with Gasteiger partial charge in [0.05, 0.1) is 12.4 Å². The molecule has 114 valence electrons. The fraction of sp³-hybridized carbons (Fsp3) is 0.125. The highest BCUT2D eigenvalue weighted by Crippen LogP contribution is 2.23. The fourth-order valence-corrected chi connectivity index (χ4v) is 2.63. The first-order valence-electron chi connectivity index (χ1n) is 7.07. The van der Waals surface area contributed by atoms with Gasteiger partial charge in [-0.2, -0.15) is 0 Å². The molecule has 0 radical (unpaired) electrons. The van der Waals surface area contributed by atoms with Gasteiger partial charge in [0.1, 0.15) is 0 Å². The maximum Gasteiger partial charge on any atom is 0.440 e. The van der Waals surface area contributed by atoms with E-state index in [1.165, 1.54) is 11.6 Å². The van der Waals surface area contributed by atoms with Gasteiger partial charge < -0.3 is 9.67 Å². The number of imidazole rings is 1. The summed E-state index contributed by atoms with van der Waals surface area (Å²) in [5.41, 5.74) is -0.234. The number of fused-ring (bicyclic) bond motifs is 2. The normalized spacial score (nSPS) is 11.4. The second-order valence-corrected chi connectivity index (χ2v) is 5.38. The molecule has 2 aliphatic rings. The Kier molecular flexibility index (Phi) is 2.71. The van der Waals surface area contributed by atoms with Crippen molar-refractivity contribution in [2.24, 2.45) is 14.1 Å². The van der Waals surface area contributed by atoms with Gasteiger partial charge in [0.2, 0.25) is 5.69 Å². The summed E-state index contributed by atoms with van der Waals surface area (Å²) in [6, 6.07) is 9.88. The molecule has 1 aromatic heterocycles. The number of rotatable bonds is 1. The first-order chi connectivity index (χ1) is 11.1. The van der Waals surface area contributed by atoms with E-state index in [-0.39, 0.29) is 11.5 Å². The number of hydrogen-bond donors (Lipinski definition) is 0. The molecule has 2 aliphatic heterocycles. The molecule has 0 spiro atoms. The van der Waals surface area contributed by atoms with Crippen LogP contribution >= 0.6 is 0 Å². The van der Waals surface area contributed by atoms with E-state index in [1.54, 1.807) is 11.6 Å². The molecule has 0 aliphatic carbocycles. The largest absolute Gasteiger partial charge is 0.857 e. The van der Waals surface area contributed by atoms with Gasteiger partial charge in [-0.25, -0.2) is 9.36 Å². The van der Waals surface area contributed by atoms with Crippen molar-refractivity contribution < 1.29 is 9.67 Å². The van der Waals surface area contributed by atoms with Crippen LogP contribution in [-0.4, -0.2) is 19.1 Å². The van der Waals surface area contributed by atoms with Crippen LogP contribution in [0.2, 0.25) is 0 Å². The molecule has 0 unspecified atom stereocenters. The van der Waals surface area contributed by atoms with Gasteiger partial charge in [-0.15, -0.1) is 0 Å². The minimum Gasteiger partial charge on any atom is -0.857 e. The van der Waals surface area contributed by atoms with Crippen LogP contribution in [-0.2, 0) is 14.1 Å². The topological polar surface area (TPSA) is 79.7 Å². The molecule has 4 rings (SSSR count). The number of benzene rings is 1. The van der Waals surface area contributed by atoms with Crippen LogP contribution < -0.4 is 15.4 Å². The Bertz CT molecular complexity index is 1080. The van der Waals surface area contributed by atoms with Gasteiger partial charge in [0.15, 0.2) is 0 Å². The summed E-state index contributed by atoms with van der Waals surface area (Å²) in [6.07, 6.45) is 3.73. The van der Waals surface area contributed by atoms with Crippen molar-refractivity contribution in [3.8, 4) is 23.3 Å². The predicted molar refractivity (Wildman–Crippen MR) is 81.4 cm³/mol. The van der Waals surface area contributed by atoms with Crippen LogP contribution in [0, 0.1) is 0 Å². The van der Waals surface area contributed by atoms with Gasteiger partial charge in [-0.3, -0.25) is 4.57 Å². The maximum absolute atomic E-state index is 12.2. The van der Waals surface area contributed by atoms with E-state index in [0.29, 0.717) is 5.95 Å². The monoisotopic (exact) mass is 307 g/mol. The first kappa shape index (κ1) is 13.4. The Labute approximate surface area is 131 Å². The van der Waals surface area contributed by atoms with Crippen molar-refractivity contribution in [3.05, 3.63) is 53.2 Å². The van der Waals surface area contributed by atoms with Crippen LogP contribution in [0.4, 0.5) is 0 Å². The van der Waals surface area contributed by atoms with E-state index in [2.05, 4.69) is 9.97 Å². The minimum absolute atomic E-state index is 0.185. The van der Waals surface area contributed by atoms with Crippen LogP contribution in [0.1, 0.15) is 0 Å². The Morgan fingerprint density at radius 3 is 2.57 bits per heavy atom. The average Bonchev–Trinajstić information content (AvgIpc) is 3.03. The molecule has 2 aromatic rings. The highest BCUT2D eigenvalue weighted by atomic mass is 16.3. The average molecular weight is 307 g/mol. The lowest BCUT2D eigenvalue weighted by Crippen LogP contribution is -2.31. The maximum atomic E-state index is 12.2. The lowest BCUT2D eigenvalue weighted by molar-refractivity contribution is -0.601. The molecule has 0 bridgehead atoms. The molecule has 0 saturated heterocycles. The van der Waals surface area contributed by atoms with Crippen molar-refractivity contribution in [2.75, 3.05) is 0 Å². The smallest absolute Gasteiger partial charge is 0.440 e. The lowest BCUT2D eigenvalue weighted by atomic mass is 10.2. The van der Waals surface area contributed by atoms with Gasteiger partial charge >= 0.3 is 11.6 Å². The lowest BCUT2D eigenvalue weighted by Gasteiger charge is -2.14.